The van der Waals surface area contributed by atoms with Gasteiger partial charge < -0.3 is 9.64 Å². The van der Waals surface area contributed by atoms with Crippen LogP contribution in [0.3, 0.4) is 0 Å². The number of hydrogen-bond donors (Lipinski definition) is 0. The van der Waals surface area contributed by atoms with Crippen molar-refractivity contribution in [2.75, 3.05) is 6.61 Å². The molecule has 2 bridgehead atoms. The minimum absolute atomic E-state index is 0.0844. The Bertz CT molecular complexity index is 1060. The van der Waals surface area contributed by atoms with E-state index in [1.165, 1.54) is 0 Å². The van der Waals surface area contributed by atoms with Gasteiger partial charge in [-0.1, -0.05) is 23.8 Å². The molecule has 2 aliphatic heterocycles. The Labute approximate surface area is 182 Å². The minimum Gasteiger partial charge on any atom is -0.477 e. The summed E-state index contributed by atoms with van der Waals surface area (Å²) in [6.07, 6.45) is 9.34. The number of aryl methyl sites for hydroxylation is 1. The molecule has 2 saturated heterocycles. The van der Waals surface area contributed by atoms with E-state index in [9.17, 15) is 4.79 Å². The van der Waals surface area contributed by atoms with Crippen molar-refractivity contribution < 1.29 is 9.53 Å². The van der Waals surface area contributed by atoms with Gasteiger partial charge in [0.05, 0.1) is 12.2 Å². The van der Waals surface area contributed by atoms with Crippen molar-refractivity contribution in [2.24, 2.45) is 5.92 Å². The Morgan fingerprint density at radius 3 is 2.61 bits per heavy atom. The lowest BCUT2D eigenvalue weighted by atomic mass is 9.89. The van der Waals surface area contributed by atoms with E-state index in [4.69, 9.17) is 4.74 Å². The first-order valence-electron chi connectivity index (χ1n) is 11.0. The molecule has 31 heavy (non-hydrogen) atoms. The number of hydrogen-bond acceptors (Lipinski definition) is 5. The smallest absolute Gasteiger partial charge is 0.255 e. The van der Waals surface area contributed by atoms with Gasteiger partial charge in [0.1, 0.15) is 0 Å². The molecule has 2 fully saturated rings. The van der Waals surface area contributed by atoms with Crippen molar-refractivity contribution in [1.29, 1.82) is 0 Å². The van der Waals surface area contributed by atoms with Crippen molar-refractivity contribution in [3.05, 3.63) is 72.2 Å². The number of amides is 1. The number of nitrogens with zero attached hydrogens (tertiary/aromatic N) is 4. The third-order valence-electron chi connectivity index (χ3n) is 6.49. The van der Waals surface area contributed by atoms with Crippen LogP contribution >= 0.6 is 0 Å². The maximum Gasteiger partial charge on any atom is 0.255 e. The average molecular weight is 415 g/mol. The van der Waals surface area contributed by atoms with E-state index in [1.54, 1.807) is 24.7 Å². The zero-order valence-electron chi connectivity index (χ0n) is 17.6. The lowest BCUT2D eigenvalue weighted by Gasteiger charge is -2.40. The molecule has 0 aliphatic carbocycles. The van der Waals surface area contributed by atoms with Gasteiger partial charge in [-0.25, -0.2) is 15.0 Å². The highest BCUT2D eigenvalue weighted by molar-refractivity contribution is 6.01. The number of pyridine rings is 1. The fraction of sp³-hybridized carbons (Fsp3) is 0.360. The first-order valence-corrected chi connectivity index (χ1v) is 11.0. The van der Waals surface area contributed by atoms with Crippen LogP contribution in [0.4, 0.5) is 0 Å². The summed E-state index contributed by atoms with van der Waals surface area (Å²) in [7, 11) is 0. The molecule has 0 spiro atoms. The molecule has 0 N–H and O–H groups in total. The Kier molecular flexibility index (Phi) is 5.37. The van der Waals surface area contributed by atoms with Crippen LogP contribution in [-0.2, 0) is 0 Å². The number of aromatic nitrogens is 3. The summed E-state index contributed by atoms with van der Waals surface area (Å²) in [4.78, 5) is 29.0. The lowest BCUT2D eigenvalue weighted by molar-refractivity contribution is 0.0404. The third-order valence-corrected chi connectivity index (χ3v) is 6.49. The molecule has 2 aromatic heterocycles. The molecule has 5 rings (SSSR count). The van der Waals surface area contributed by atoms with E-state index in [-0.39, 0.29) is 11.9 Å². The molecule has 2 aliphatic rings. The average Bonchev–Trinajstić information content (AvgIpc) is 3.13. The standard InChI is InChI=1S/C25H26N4O2/c1-17-6-10-20(24-27-13-4-14-28-24)21(15-17)25(30)29-19-8-7-18(22(29)11-9-19)16-31-23-5-2-3-12-26-23/h2-6,10,12-15,18-19,22H,7-9,11,16H2,1H3. The second kappa shape index (κ2) is 8.46. The molecule has 4 heterocycles. The van der Waals surface area contributed by atoms with Crippen LogP contribution in [0.5, 0.6) is 5.88 Å². The van der Waals surface area contributed by atoms with Gasteiger partial charge in [0.2, 0.25) is 5.88 Å². The van der Waals surface area contributed by atoms with E-state index in [0.717, 1.165) is 36.8 Å². The van der Waals surface area contributed by atoms with E-state index < -0.39 is 0 Å². The lowest BCUT2D eigenvalue weighted by Crippen LogP contribution is -2.49. The van der Waals surface area contributed by atoms with Gasteiger partial charge in [-0.3, -0.25) is 4.79 Å². The minimum atomic E-state index is 0.0844. The number of ether oxygens (including phenoxy) is 1. The highest BCUT2D eigenvalue weighted by atomic mass is 16.5. The van der Waals surface area contributed by atoms with Gasteiger partial charge in [-0.2, -0.15) is 0 Å². The Hall–Kier alpha value is -3.28. The number of fused-ring (bicyclic) bond motifs is 2. The first kappa shape index (κ1) is 19.7. The second-order valence-corrected chi connectivity index (χ2v) is 8.45. The Morgan fingerprint density at radius 1 is 1.00 bits per heavy atom. The molecular formula is C25H26N4O2. The van der Waals surface area contributed by atoms with Gasteiger partial charge in [0.25, 0.3) is 5.91 Å². The molecule has 0 saturated carbocycles. The normalized spacial score (nSPS) is 22.4. The number of carbonyl (C=O) groups excluding carboxylic acids is 1. The zero-order valence-corrected chi connectivity index (χ0v) is 17.6. The van der Waals surface area contributed by atoms with Crippen LogP contribution in [0, 0.1) is 12.8 Å². The largest absolute Gasteiger partial charge is 0.477 e. The first-order chi connectivity index (χ1) is 15.2. The van der Waals surface area contributed by atoms with E-state index in [0.29, 0.717) is 35.8 Å². The van der Waals surface area contributed by atoms with E-state index in [2.05, 4.69) is 19.9 Å². The van der Waals surface area contributed by atoms with Crippen LogP contribution in [0.1, 0.15) is 41.6 Å². The summed E-state index contributed by atoms with van der Waals surface area (Å²) in [6, 6.07) is 13.9. The summed E-state index contributed by atoms with van der Waals surface area (Å²) in [5.74, 6) is 1.63. The number of carbonyl (C=O) groups is 1. The van der Waals surface area contributed by atoms with Crippen molar-refractivity contribution in [3.8, 4) is 17.3 Å². The number of rotatable bonds is 5. The van der Waals surface area contributed by atoms with Crippen molar-refractivity contribution in [3.63, 3.8) is 0 Å². The molecular weight excluding hydrogens is 388 g/mol. The molecule has 3 aromatic rings. The van der Waals surface area contributed by atoms with Crippen LogP contribution in [-0.4, -0.2) is 44.4 Å². The third kappa shape index (κ3) is 3.90. The molecule has 1 aromatic carbocycles. The van der Waals surface area contributed by atoms with Gasteiger partial charge in [0.15, 0.2) is 5.82 Å². The van der Waals surface area contributed by atoms with Gasteiger partial charge in [0, 0.05) is 48.2 Å². The number of benzene rings is 1. The number of piperidine rings is 1. The predicted octanol–water partition coefficient (Wildman–Crippen LogP) is 4.31. The Morgan fingerprint density at radius 2 is 1.81 bits per heavy atom. The molecule has 0 radical (unpaired) electrons. The molecule has 6 nitrogen and oxygen atoms in total. The van der Waals surface area contributed by atoms with Gasteiger partial charge in [-0.15, -0.1) is 0 Å². The second-order valence-electron chi connectivity index (χ2n) is 8.45. The van der Waals surface area contributed by atoms with Crippen LogP contribution < -0.4 is 4.74 Å². The van der Waals surface area contributed by atoms with E-state index in [1.807, 2.05) is 43.3 Å². The van der Waals surface area contributed by atoms with Crippen molar-refractivity contribution in [2.45, 2.75) is 44.7 Å². The summed E-state index contributed by atoms with van der Waals surface area (Å²) in [6.45, 7) is 2.60. The Balaban J connectivity index is 1.41. The molecule has 3 atom stereocenters. The van der Waals surface area contributed by atoms with Crippen molar-refractivity contribution >= 4 is 5.91 Å². The van der Waals surface area contributed by atoms with Crippen LogP contribution in [0.25, 0.3) is 11.4 Å². The quantitative estimate of drug-likeness (QED) is 0.622. The van der Waals surface area contributed by atoms with Crippen LogP contribution in [0.2, 0.25) is 0 Å². The predicted molar refractivity (Wildman–Crippen MR) is 118 cm³/mol. The summed E-state index contributed by atoms with van der Waals surface area (Å²) in [5.41, 5.74) is 2.54. The monoisotopic (exact) mass is 414 g/mol. The molecule has 3 unspecified atom stereocenters. The molecule has 158 valence electrons. The summed E-state index contributed by atoms with van der Waals surface area (Å²) >= 11 is 0. The maximum absolute atomic E-state index is 13.8. The van der Waals surface area contributed by atoms with E-state index >= 15 is 0 Å². The topological polar surface area (TPSA) is 68.2 Å². The van der Waals surface area contributed by atoms with Gasteiger partial charge >= 0.3 is 0 Å². The summed E-state index contributed by atoms with van der Waals surface area (Å²) in [5, 5.41) is 0. The fourth-order valence-corrected chi connectivity index (χ4v) is 5.00. The maximum atomic E-state index is 13.8. The highest BCUT2D eigenvalue weighted by Gasteiger charge is 2.45. The zero-order chi connectivity index (χ0) is 21.2. The summed E-state index contributed by atoms with van der Waals surface area (Å²) < 4.78 is 5.97. The molecule has 1 amide bonds. The SMILES string of the molecule is Cc1ccc(-c2ncccn2)c(C(=O)N2C3CCC(COc4ccccn4)C2CC3)c1. The fourth-order valence-electron chi connectivity index (χ4n) is 5.00. The van der Waals surface area contributed by atoms with Crippen LogP contribution in [0.15, 0.2) is 61.1 Å². The highest BCUT2D eigenvalue weighted by Crippen LogP contribution is 2.41. The molecule has 6 heteroatoms. The van der Waals surface area contributed by atoms with Gasteiger partial charge in [-0.05, 0) is 50.8 Å². The van der Waals surface area contributed by atoms with Crippen molar-refractivity contribution in [1.82, 2.24) is 19.9 Å².